The lowest BCUT2D eigenvalue weighted by Gasteiger charge is -2.10. The molecular weight excluding hydrogens is 174 g/mol. The van der Waals surface area contributed by atoms with Gasteiger partial charge in [0.25, 0.3) is 0 Å². The molecule has 1 fully saturated rings. The van der Waals surface area contributed by atoms with E-state index in [1.54, 1.807) is 6.07 Å². The Kier molecular flexibility index (Phi) is 1.84. The average Bonchev–Trinajstić information content (AvgIpc) is 2.90. The minimum Gasteiger partial charge on any atom is -0.364 e. The van der Waals surface area contributed by atoms with Crippen LogP contribution in [0.25, 0.3) is 0 Å². The van der Waals surface area contributed by atoms with Gasteiger partial charge in [0.15, 0.2) is 11.6 Å². The van der Waals surface area contributed by atoms with Gasteiger partial charge in [-0.25, -0.2) is 8.78 Å². The van der Waals surface area contributed by atoms with E-state index in [0.717, 1.165) is 6.07 Å². The zero-order chi connectivity index (χ0) is 9.47. The van der Waals surface area contributed by atoms with Crippen LogP contribution in [0.15, 0.2) is 18.2 Å². The molecule has 2 rings (SSSR count). The maximum absolute atomic E-state index is 13.3. The van der Waals surface area contributed by atoms with E-state index in [-0.39, 0.29) is 0 Å². The Morgan fingerprint density at radius 2 is 2.15 bits per heavy atom. The van der Waals surface area contributed by atoms with Crippen molar-refractivity contribution in [3.05, 3.63) is 35.4 Å². The number of benzene rings is 1. The van der Waals surface area contributed by atoms with E-state index < -0.39 is 17.2 Å². The minimum absolute atomic E-state index is 0.343. The fourth-order valence-electron chi connectivity index (χ4n) is 1.49. The van der Waals surface area contributed by atoms with E-state index in [1.165, 1.54) is 6.07 Å². The fraction of sp³-hybridized carbons (Fsp3) is 0.400. The molecule has 0 aliphatic carbocycles. The Labute approximate surface area is 75.3 Å². The van der Waals surface area contributed by atoms with Gasteiger partial charge in [-0.1, -0.05) is 19.1 Å². The average molecular weight is 184 g/mol. The van der Waals surface area contributed by atoms with Gasteiger partial charge in [-0.05, 0) is 12.5 Å². The summed E-state index contributed by atoms with van der Waals surface area (Å²) in [6.45, 7) is 2.39. The Balaban J connectivity index is 2.46. The third kappa shape index (κ3) is 1.23. The van der Waals surface area contributed by atoms with Gasteiger partial charge in [-0.2, -0.15) is 0 Å². The van der Waals surface area contributed by atoms with Crippen LogP contribution in [0.4, 0.5) is 8.78 Å². The molecule has 0 bridgehead atoms. The highest BCUT2D eigenvalue weighted by Gasteiger charge is 2.46. The number of epoxide rings is 1. The largest absolute Gasteiger partial charge is 0.364 e. The van der Waals surface area contributed by atoms with Crippen LogP contribution in [0.3, 0.4) is 0 Å². The third-order valence-corrected chi connectivity index (χ3v) is 2.51. The van der Waals surface area contributed by atoms with Crippen LogP contribution in [0.5, 0.6) is 0 Å². The van der Waals surface area contributed by atoms with Gasteiger partial charge in [0.2, 0.25) is 0 Å². The number of rotatable bonds is 2. The molecule has 1 unspecified atom stereocenters. The van der Waals surface area contributed by atoms with E-state index >= 15 is 0 Å². The first kappa shape index (κ1) is 8.63. The molecule has 13 heavy (non-hydrogen) atoms. The van der Waals surface area contributed by atoms with Gasteiger partial charge in [0.1, 0.15) is 5.60 Å². The Morgan fingerprint density at radius 1 is 1.46 bits per heavy atom. The van der Waals surface area contributed by atoms with Crippen molar-refractivity contribution in [3.63, 3.8) is 0 Å². The van der Waals surface area contributed by atoms with E-state index in [1.807, 2.05) is 6.92 Å². The first-order chi connectivity index (χ1) is 6.19. The summed E-state index contributed by atoms with van der Waals surface area (Å²) < 4.78 is 31.3. The molecule has 0 radical (unpaired) electrons. The van der Waals surface area contributed by atoms with Crippen molar-refractivity contribution >= 4 is 0 Å². The SMILES string of the molecule is CCC1(c2cccc(F)c2F)CO1. The maximum Gasteiger partial charge on any atom is 0.164 e. The lowest BCUT2D eigenvalue weighted by atomic mass is 9.97. The molecule has 0 amide bonds. The Bertz CT molecular complexity index is 332. The van der Waals surface area contributed by atoms with Crippen LogP contribution in [-0.4, -0.2) is 6.61 Å². The molecule has 0 aromatic heterocycles. The number of ether oxygens (including phenoxy) is 1. The summed E-state index contributed by atoms with van der Waals surface area (Å²) in [6, 6.07) is 4.20. The van der Waals surface area contributed by atoms with E-state index in [9.17, 15) is 8.78 Å². The van der Waals surface area contributed by atoms with Gasteiger partial charge in [-0.15, -0.1) is 0 Å². The smallest absolute Gasteiger partial charge is 0.164 e. The van der Waals surface area contributed by atoms with E-state index in [4.69, 9.17) is 4.74 Å². The summed E-state index contributed by atoms with van der Waals surface area (Å²) in [5, 5.41) is 0. The van der Waals surface area contributed by atoms with Crippen molar-refractivity contribution in [3.8, 4) is 0 Å². The first-order valence-electron chi connectivity index (χ1n) is 4.28. The summed E-state index contributed by atoms with van der Waals surface area (Å²) in [7, 11) is 0. The molecule has 1 aliphatic rings. The molecule has 1 nitrogen and oxygen atoms in total. The molecule has 70 valence electrons. The molecule has 1 saturated heterocycles. The lowest BCUT2D eigenvalue weighted by molar-refractivity contribution is 0.290. The molecule has 1 aromatic carbocycles. The summed E-state index contributed by atoms with van der Waals surface area (Å²) in [5.74, 6) is -1.58. The molecule has 0 saturated carbocycles. The predicted octanol–water partition coefficient (Wildman–Crippen LogP) is 2.60. The van der Waals surface area contributed by atoms with Crippen molar-refractivity contribution in [2.45, 2.75) is 18.9 Å². The van der Waals surface area contributed by atoms with Crippen LogP contribution in [0, 0.1) is 11.6 Å². The second kappa shape index (κ2) is 2.77. The fourth-order valence-corrected chi connectivity index (χ4v) is 1.49. The second-order valence-corrected chi connectivity index (χ2v) is 3.24. The zero-order valence-electron chi connectivity index (χ0n) is 7.31. The maximum atomic E-state index is 13.3. The summed E-state index contributed by atoms with van der Waals surface area (Å²) in [6.07, 6.45) is 0.674. The topological polar surface area (TPSA) is 12.5 Å². The number of hydrogen-bond acceptors (Lipinski definition) is 1. The van der Waals surface area contributed by atoms with Crippen LogP contribution in [0.1, 0.15) is 18.9 Å². The Morgan fingerprint density at radius 3 is 2.69 bits per heavy atom. The first-order valence-corrected chi connectivity index (χ1v) is 4.28. The van der Waals surface area contributed by atoms with Gasteiger partial charge in [-0.3, -0.25) is 0 Å². The van der Waals surface area contributed by atoms with Crippen LogP contribution >= 0.6 is 0 Å². The minimum atomic E-state index is -0.805. The molecule has 3 heteroatoms. The molecule has 1 atom stereocenters. The van der Waals surface area contributed by atoms with Gasteiger partial charge >= 0.3 is 0 Å². The lowest BCUT2D eigenvalue weighted by Crippen LogP contribution is -2.10. The van der Waals surface area contributed by atoms with Gasteiger partial charge in [0, 0.05) is 5.56 Å². The van der Waals surface area contributed by atoms with Crippen molar-refractivity contribution in [2.75, 3.05) is 6.61 Å². The predicted molar refractivity (Wildman–Crippen MR) is 44.3 cm³/mol. The highest BCUT2D eigenvalue weighted by molar-refractivity contribution is 5.29. The standard InChI is InChI=1S/C10H10F2O/c1-2-10(6-13-10)7-4-3-5-8(11)9(7)12/h3-5H,2,6H2,1H3. The normalized spacial score (nSPS) is 26.1. The highest BCUT2D eigenvalue weighted by Crippen LogP contribution is 2.43. The van der Waals surface area contributed by atoms with Gasteiger partial charge in [0.05, 0.1) is 6.61 Å². The quantitative estimate of drug-likeness (QED) is 0.643. The summed E-state index contributed by atoms with van der Waals surface area (Å²) in [5.41, 5.74) is -0.207. The molecule has 0 spiro atoms. The number of hydrogen-bond donors (Lipinski definition) is 0. The van der Waals surface area contributed by atoms with Crippen molar-refractivity contribution in [2.24, 2.45) is 0 Å². The molecule has 1 heterocycles. The zero-order valence-corrected chi connectivity index (χ0v) is 7.31. The number of halogens is 2. The molecule has 1 aliphatic heterocycles. The van der Waals surface area contributed by atoms with Gasteiger partial charge < -0.3 is 4.74 Å². The van der Waals surface area contributed by atoms with E-state index in [2.05, 4.69) is 0 Å². The van der Waals surface area contributed by atoms with Crippen molar-refractivity contribution < 1.29 is 13.5 Å². The molecule has 1 aromatic rings. The highest BCUT2D eigenvalue weighted by atomic mass is 19.2. The van der Waals surface area contributed by atoms with Crippen LogP contribution in [-0.2, 0) is 10.3 Å². The molecule has 0 N–H and O–H groups in total. The second-order valence-electron chi connectivity index (χ2n) is 3.24. The third-order valence-electron chi connectivity index (χ3n) is 2.51. The van der Waals surface area contributed by atoms with Crippen LogP contribution in [0.2, 0.25) is 0 Å². The summed E-state index contributed by atoms with van der Waals surface area (Å²) in [4.78, 5) is 0. The molecular formula is C10H10F2O. The van der Waals surface area contributed by atoms with E-state index in [0.29, 0.717) is 18.6 Å². The van der Waals surface area contributed by atoms with Crippen molar-refractivity contribution in [1.29, 1.82) is 0 Å². The summed E-state index contributed by atoms with van der Waals surface area (Å²) >= 11 is 0. The van der Waals surface area contributed by atoms with Crippen LogP contribution < -0.4 is 0 Å². The Hall–Kier alpha value is -0.960. The monoisotopic (exact) mass is 184 g/mol. The van der Waals surface area contributed by atoms with Crippen molar-refractivity contribution in [1.82, 2.24) is 0 Å².